The topological polar surface area (TPSA) is 60.7 Å². The van der Waals surface area contributed by atoms with Crippen molar-refractivity contribution in [2.45, 2.75) is 0 Å². The molecule has 0 saturated heterocycles. The van der Waals surface area contributed by atoms with Gasteiger partial charge in [-0.05, 0) is 23.6 Å². The molecule has 0 aliphatic carbocycles. The summed E-state index contributed by atoms with van der Waals surface area (Å²) < 4.78 is 12.4. The first-order valence-electron chi connectivity index (χ1n) is 7.46. The Morgan fingerprint density at radius 1 is 0.958 bits per heavy atom. The zero-order chi connectivity index (χ0) is 16.8. The molecule has 24 heavy (non-hydrogen) atoms. The summed E-state index contributed by atoms with van der Waals surface area (Å²) in [5.74, 6) is 1.41. The zero-order valence-electron chi connectivity index (χ0n) is 13.2. The van der Waals surface area contributed by atoms with Crippen LogP contribution in [-0.2, 0) is 0 Å². The van der Waals surface area contributed by atoms with Crippen molar-refractivity contribution < 1.29 is 19.4 Å². The third kappa shape index (κ3) is 1.84. The molecule has 0 radical (unpaired) electrons. The number of aromatic nitrogens is 1. The molecule has 4 aromatic rings. The maximum absolute atomic E-state index is 11.6. The van der Waals surface area contributed by atoms with Gasteiger partial charge in [0.1, 0.15) is 11.5 Å². The summed E-state index contributed by atoms with van der Waals surface area (Å²) in [4.78, 5) is 11.6. The Hall–Kier alpha value is -3.21. The van der Waals surface area contributed by atoms with Crippen LogP contribution in [0.4, 0.5) is 4.79 Å². The number of methoxy groups -OCH3 is 2. The van der Waals surface area contributed by atoms with Gasteiger partial charge in [0, 0.05) is 27.7 Å². The summed E-state index contributed by atoms with van der Waals surface area (Å²) in [6, 6.07) is 13.4. The predicted octanol–water partition coefficient (Wildman–Crippen LogP) is 4.49. The maximum atomic E-state index is 11.6. The number of benzene rings is 3. The Balaban J connectivity index is 2.34. The van der Waals surface area contributed by atoms with Crippen LogP contribution >= 0.6 is 0 Å². The van der Waals surface area contributed by atoms with E-state index in [1.807, 2.05) is 36.4 Å². The average molecular weight is 321 g/mol. The first-order valence-corrected chi connectivity index (χ1v) is 7.46. The van der Waals surface area contributed by atoms with Crippen LogP contribution in [-0.4, -0.2) is 30.0 Å². The molecule has 0 saturated carbocycles. The molecule has 0 atom stereocenters. The highest BCUT2D eigenvalue weighted by Crippen LogP contribution is 2.42. The van der Waals surface area contributed by atoms with Crippen LogP contribution in [0, 0.1) is 0 Å². The van der Waals surface area contributed by atoms with E-state index in [1.165, 1.54) is 4.57 Å². The minimum Gasteiger partial charge on any atom is -0.496 e. The van der Waals surface area contributed by atoms with Gasteiger partial charge in [-0.25, -0.2) is 4.79 Å². The van der Waals surface area contributed by atoms with E-state index in [2.05, 4.69) is 0 Å². The molecule has 120 valence electrons. The van der Waals surface area contributed by atoms with Crippen LogP contribution in [0.15, 0.2) is 48.7 Å². The second-order valence-corrected chi connectivity index (χ2v) is 5.53. The number of rotatable bonds is 2. The van der Waals surface area contributed by atoms with Gasteiger partial charge >= 0.3 is 6.09 Å². The van der Waals surface area contributed by atoms with Gasteiger partial charge in [-0.3, -0.25) is 4.57 Å². The first kappa shape index (κ1) is 14.4. The lowest BCUT2D eigenvalue weighted by molar-refractivity contribution is 0.197. The van der Waals surface area contributed by atoms with Gasteiger partial charge in [0.25, 0.3) is 0 Å². The smallest absolute Gasteiger partial charge is 0.416 e. The number of fused-ring (bicyclic) bond motifs is 5. The Bertz CT molecular complexity index is 1110. The van der Waals surface area contributed by atoms with Crippen LogP contribution in [0.2, 0.25) is 0 Å². The van der Waals surface area contributed by atoms with Gasteiger partial charge in [0.05, 0.1) is 19.7 Å². The van der Waals surface area contributed by atoms with Gasteiger partial charge in [-0.1, -0.05) is 24.3 Å². The van der Waals surface area contributed by atoms with Crippen molar-refractivity contribution in [1.82, 2.24) is 4.57 Å². The summed E-state index contributed by atoms with van der Waals surface area (Å²) >= 11 is 0. The number of hydrogen-bond donors (Lipinski definition) is 1. The maximum Gasteiger partial charge on any atom is 0.416 e. The quantitative estimate of drug-likeness (QED) is 0.553. The fraction of sp³-hybridized carbons (Fsp3) is 0.105. The van der Waals surface area contributed by atoms with E-state index in [0.29, 0.717) is 17.0 Å². The Morgan fingerprint density at radius 3 is 2.33 bits per heavy atom. The molecule has 3 aromatic carbocycles. The number of nitrogens with zero attached hydrogens (tertiary/aromatic N) is 1. The first-order chi connectivity index (χ1) is 11.7. The monoisotopic (exact) mass is 321 g/mol. The SMILES string of the molecule is COc1cc2c(c(OC)cc3ccn(C(=O)O)c32)c2ccccc12. The summed E-state index contributed by atoms with van der Waals surface area (Å²) in [7, 11) is 3.23. The number of ether oxygens (including phenoxy) is 2. The van der Waals surface area contributed by atoms with E-state index < -0.39 is 6.09 Å². The third-order valence-corrected chi connectivity index (χ3v) is 4.36. The number of carbonyl (C=O) groups is 1. The van der Waals surface area contributed by atoms with Crippen molar-refractivity contribution in [3.8, 4) is 11.5 Å². The van der Waals surface area contributed by atoms with Gasteiger partial charge in [-0.2, -0.15) is 0 Å². The molecule has 0 amide bonds. The number of carboxylic acid groups (broad SMARTS) is 1. The summed E-state index contributed by atoms with van der Waals surface area (Å²) in [6.07, 6.45) is 0.525. The Labute approximate surface area is 137 Å². The van der Waals surface area contributed by atoms with E-state index in [4.69, 9.17) is 9.47 Å². The average Bonchev–Trinajstić information content (AvgIpc) is 3.04. The highest BCUT2D eigenvalue weighted by Gasteiger charge is 2.18. The number of hydrogen-bond acceptors (Lipinski definition) is 3. The largest absolute Gasteiger partial charge is 0.496 e. The normalized spacial score (nSPS) is 11.2. The molecule has 0 aliphatic heterocycles. The van der Waals surface area contributed by atoms with Crippen molar-refractivity contribution in [3.63, 3.8) is 0 Å². The van der Waals surface area contributed by atoms with Crippen LogP contribution in [0.1, 0.15) is 0 Å². The zero-order valence-corrected chi connectivity index (χ0v) is 13.2. The molecule has 5 heteroatoms. The summed E-state index contributed by atoms with van der Waals surface area (Å²) in [5, 5.41) is 13.9. The Morgan fingerprint density at radius 2 is 1.67 bits per heavy atom. The standard InChI is InChI=1S/C19H15NO4/c1-23-15-10-14-17(13-6-4-3-5-12(13)15)16(24-2)9-11-7-8-20(18(11)14)19(21)22/h3-10H,1-2H3,(H,21,22). The van der Waals surface area contributed by atoms with Crippen LogP contribution in [0.25, 0.3) is 32.4 Å². The molecule has 0 spiro atoms. The lowest BCUT2D eigenvalue weighted by Crippen LogP contribution is -2.06. The van der Waals surface area contributed by atoms with Crippen molar-refractivity contribution >= 4 is 38.5 Å². The van der Waals surface area contributed by atoms with Gasteiger partial charge < -0.3 is 14.6 Å². The van der Waals surface area contributed by atoms with Crippen molar-refractivity contribution in [2.75, 3.05) is 14.2 Å². The minimum absolute atomic E-state index is 0.627. The van der Waals surface area contributed by atoms with E-state index in [-0.39, 0.29) is 0 Å². The molecule has 1 heterocycles. The second kappa shape index (κ2) is 5.16. The molecular formula is C19H15NO4. The van der Waals surface area contributed by atoms with E-state index in [0.717, 1.165) is 26.9 Å². The summed E-state index contributed by atoms with van der Waals surface area (Å²) in [5.41, 5.74) is 0.627. The van der Waals surface area contributed by atoms with Gasteiger partial charge in [0.2, 0.25) is 0 Å². The van der Waals surface area contributed by atoms with Crippen molar-refractivity contribution in [3.05, 3.63) is 48.7 Å². The predicted molar refractivity (Wildman–Crippen MR) is 93.5 cm³/mol. The molecule has 0 bridgehead atoms. The Kier molecular flexibility index (Phi) is 3.09. The molecule has 1 N–H and O–H groups in total. The highest BCUT2D eigenvalue weighted by molar-refractivity contribution is 6.21. The third-order valence-electron chi connectivity index (χ3n) is 4.36. The van der Waals surface area contributed by atoms with Crippen LogP contribution in [0.5, 0.6) is 11.5 Å². The van der Waals surface area contributed by atoms with Crippen molar-refractivity contribution in [2.24, 2.45) is 0 Å². The van der Waals surface area contributed by atoms with Gasteiger partial charge in [-0.15, -0.1) is 0 Å². The molecule has 1 aromatic heterocycles. The molecule has 0 aliphatic rings. The van der Waals surface area contributed by atoms with Crippen LogP contribution < -0.4 is 9.47 Å². The molecule has 0 unspecified atom stereocenters. The molecule has 5 nitrogen and oxygen atoms in total. The second-order valence-electron chi connectivity index (χ2n) is 5.53. The lowest BCUT2D eigenvalue weighted by atomic mass is 9.98. The van der Waals surface area contributed by atoms with E-state index in [1.54, 1.807) is 26.5 Å². The van der Waals surface area contributed by atoms with Gasteiger partial charge in [0.15, 0.2) is 0 Å². The van der Waals surface area contributed by atoms with E-state index in [9.17, 15) is 9.90 Å². The lowest BCUT2D eigenvalue weighted by Gasteiger charge is -2.14. The van der Waals surface area contributed by atoms with Crippen molar-refractivity contribution in [1.29, 1.82) is 0 Å². The van der Waals surface area contributed by atoms with E-state index >= 15 is 0 Å². The minimum atomic E-state index is -1.02. The molecular weight excluding hydrogens is 306 g/mol. The molecule has 4 rings (SSSR count). The fourth-order valence-electron chi connectivity index (χ4n) is 3.35. The van der Waals surface area contributed by atoms with Crippen LogP contribution in [0.3, 0.4) is 0 Å². The molecule has 0 fully saturated rings. The summed E-state index contributed by atoms with van der Waals surface area (Å²) in [6.45, 7) is 0. The highest BCUT2D eigenvalue weighted by atomic mass is 16.5. The fourth-order valence-corrected chi connectivity index (χ4v) is 3.35.